The van der Waals surface area contributed by atoms with Gasteiger partial charge in [-0.15, -0.1) is 0 Å². The summed E-state index contributed by atoms with van der Waals surface area (Å²) in [6.45, 7) is 13.2. The van der Waals surface area contributed by atoms with Crippen molar-refractivity contribution in [2.24, 2.45) is 0 Å². The van der Waals surface area contributed by atoms with Gasteiger partial charge in [-0.2, -0.15) is 0 Å². The maximum absolute atomic E-state index is 12.3. The van der Waals surface area contributed by atoms with Gasteiger partial charge in [0.05, 0.1) is 27.6 Å². The van der Waals surface area contributed by atoms with E-state index in [-0.39, 0.29) is 10.8 Å². The van der Waals surface area contributed by atoms with Gasteiger partial charge in [0.25, 0.3) is 0 Å². The lowest BCUT2D eigenvalue weighted by atomic mass is 10.1. The lowest BCUT2D eigenvalue weighted by Gasteiger charge is -2.24. The molecule has 24 heavy (non-hydrogen) atoms. The van der Waals surface area contributed by atoms with Crippen LogP contribution in [0.1, 0.15) is 66.5 Å². The maximum atomic E-state index is 12.3. The van der Waals surface area contributed by atoms with Crippen LogP contribution in [0.3, 0.4) is 0 Å². The minimum atomic E-state index is -1.19. The van der Waals surface area contributed by atoms with Crippen molar-refractivity contribution in [1.29, 1.82) is 0 Å². The zero-order chi connectivity index (χ0) is 18.5. The van der Waals surface area contributed by atoms with Gasteiger partial charge in [-0.25, -0.2) is 13.7 Å². The predicted molar refractivity (Wildman–Crippen MR) is 98.2 cm³/mol. The minimum absolute atomic E-state index is 0.113. The Morgan fingerprint density at radius 2 is 1.88 bits per heavy atom. The molecule has 7 heteroatoms. The van der Waals surface area contributed by atoms with Crippen LogP contribution < -0.4 is 10.0 Å². The Morgan fingerprint density at radius 1 is 1.25 bits per heavy atom. The summed E-state index contributed by atoms with van der Waals surface area (Å²) >= 11 is 0. The summed E-state index contributed by atoms with van der Waals surface area (Å²) in [6.07, 6.45) is 3.49. The first kappa shape index (κ1) is 20.6. The quantitative estimate of drug-likeness (QED) is 0.838. The fourth-order valence-corrected chi connectivity index (χ4v) is 2.75. The molecule has 1 heterocycles. The number of rotatable bonds is 5. The molecule has 0 bridgehead atoms. The monoisotopic (exact) mass is 355 g/mol. The number of amides is 1. The largest absolute Gasteiger partial charge is 0.444 e. The Kier molecular flexibility index (Phi) is 6.92. The van der Waals surface area contributed by atoms with Crippen LogP contribution in [0.2, 0.25) is 0 Å². The van der Waals surface area contributed by atoms with Gasteiger partial charge in [0.2, 0.25) is 0 Å². The Bertz CT molecular complexity index is 591. The molecule has 136 valence electrons. The number of hydrogen-bond donors (Lipinski definition) is 2. The molecule has 1 aromatic heterocycles. The molecule has 1 rings (SSSR count). The zero-order valence-corrected chi connectivity index (χ0v) is 16.4. The van der Waals surface area contributed by atoms with E-state index >= 15 is 0 Å². The summed E-state index contributed by atoms with van der Waals surface area (Å²) in [5.74, 6) is 0. The molecule has 0 saturated carbocycles. The van der Waals surface area contributed by atoms with E-state index in [1.165, 1.54) is 0 Å². The van der Waals surface area contributed by atoms with Crippen molar-refractivity contribution in [2.75, 3.05) is 5.32 Å². The van der Waals surface area contributed by atoms with Crippen molar-refractivity contribution in [1.82, 2.24) is 9.71 Å². The van der Waals surface area contributed by atoms with Gasteiger partial charge in [-0.05, 0) is 59.6 Å². The number of hydrogen-bond acceptors (Lipinski definition) is 4. The van der Waals surface area contributed by atoms with Crippen LogP contribution in [0, 0.1) is 0 Å². The normalized spacial score (nSPS) is 14.8. The topological polar surface area (TPSA) is 80.3 Å². The molecule has 2 atom stereocenters. The van der Waals surface area contributed by atoms with Crippen LogP contribution in [0.4, 0.5) is 10.5 Å². The molecule has 1 aromatic rings. The Hall–Kier alpha value is -1.47. The number of carbonyl (C=O) groups is 1. The number of carbonyl (C=O) groups excluding carboxylic acids is 1. The van der Waals surface area contributed by atoms with E-state index in [4.69, 9.17) is 4.74 Å². The van der Waals surface area contributed by atoms with Crippen molar-refractivity contribution in [2.45, 2.75) is 71.3 Å². The second kappa shape index (κ2) is 8.07. The van der Waals surface area contributed by atoms with Crippen molar-refractivity contribution in [3.63, 3.8) is 0 Å². The number of ether oxygens (including phenoxy) is 1. The van der Waals surface area contributed by atoms with E-state index < -0.39 is 22.7 Å². The number of aromatic nitrogens is 1. The smallest absolute Gasteiger partial charge is 0.412 e. The van der Waals surface area contributed by atoms with Crippen molar-refractivity contribution in [3.05, 3.63) is 24.0 Å². The maximum Gasteiger partial charge on any atom is 0.412 e. The van der Waals surface area contributed by atoms with E-state index in [0.29, 0.717) is 5.69 Å². The summed E-state index contributed by atoms with van der Waals surface area (Å²) in [5, 5.41) is 2.67. The van der Waals surface area contributed by atoms with Crippen molar-refractivity contribution in [3.8, 4) is 0 Å². The number of nitrogens with one attached hydrogen (secondary N) is 2. The van der Waals surface area contributed by atoms with Crippen LogP contribution in [0.5, 0.6) is 0 Å². The third kappa shape index (κ3) is 6.97. The average molecular weight is 356 g/mol. The van der Waals surface area contributed by atoms with Gasteiger partial charge in [-0.1, -0.05) is 6.92 Å². The van der Waals surface area contributed by atoms with E-state index in [9.17, 15) is 9.00 Å². The van der Waals surface area contributed by atoms with Gasteiger partial charge in [0, 0.05) is 12.2 Å². The molecule has 1 amide bonds. The number of nitrogens with zero attached hydrogens (tertiary/aromatic N) is 1. The van der Waals surface area contributed by atoms with Gasteiger partial charge < -0.3 is 4.74 Å². The second-order valence-electron chi connectivity index (χ2n) is 7.59. The Labute approximate surface area is 147 Å². The average Bonchev–Trinajstić information content (AvgIpc) is 2.41. The second-order valence-corrected chi connectivity index (χ2v) is 9.59. The lowest BCUT2D eigenvalue weighted by molar-refractivity contribution is 0.0636. The van der Waals surface area contributed by atoms with E-state index in [2.05, 4.69) is 15.0 Å². The van der Waals surface area contributed by atoms with Crippen LogP contribution in [-0.4, -0.2) is 25.6 Å². The SMILES string of the molecule is CCC(NS(=O)C(C)(C)C)c1cncc(NC(=O)OC(C)(C)C)c1. The summed E-state index contributed by atoms with van der Waals surface area (Å²) in [4.78, 5) is 16.0. The third-order valence-electron chi connectivity index (χ3n) is 3.02. The molecule has 0 fully saturated rings. The highest BCUT2D eigenvalue weighted by molar-refractivity contribution is 7.84. The molecule has 0 radical (unpaired) electrons. The Balaban J connectivity index is 2.86. The van der Waals surface area contributed by atoms with E-state index in [0.717, 1.165) is 12.0 Å². The first-order chi connectivity index (χ1) is 10.9. The Morgan fingerprint density at radius 3 is 2.38 bits per heavy atom. The number of pyridine rings is 1. The van der Waals surface area contributed by atoms with Crippen LogP contribution >= 0.6 is 0 Å². The first-order valence-corrected chi connectivity index (χ1v) is 9.20. The van der Waals surface area contributed by atoms with Crippen molar-refractivity contribution >= 4 is 22.8 Å². The molecule has 0 saturated heterocycles. The lowest BCUT2D eigenvalue weighted by Crippen LogP contribution is -2.35. The summed E-state index contributed by atoms with van der Waals surface area (Å²) in [6, 6.07) is 1.70. The first-order valence-electron chi connectivity index (χ1n) is 8.05. The van der Waals surface area contributed by atoms with Gasteiger partial charge in [0.15, 0.2) is 0 Å². The highest BCUT2D eigenvalue weighted by atomic mass is 32.2. The fraction of sp³-hybridized carbons (Fsp3) is 0.647. The summed E-state index contributed by atoms with van der Waals surface area (Å²) in [7, 11) is -1.19. The predicted octanol–water partition coefficient (Wildman–Crippen LogP) is 3.93. The third-order valence-corrected chi connectivity index (χ3v) is 4.63. The number of anilines is 1. The molecule has 0 spiro atoms. The van der Waals surface area contributed by atoms with Crippen LogP contribution in [-0.2, 0) is 15.7 Å². The molecular weight excluding hydrogens is 326 g/mol. The zero-order valence-electron chi connectivity index (χ0n) is 15.6. The summed E-state index contributed by atoms with van der Waals surface area (Å²) < 4.78 is 20.3. The molecule has 2 unspecified atom stereocenters. The highest BCUT2D eigenvalue weighted by Gasteiger charge is 2.23. The van der Waals surface area contributed by atoms with Gasteiger partial charge in [-0.3, -0.25) is 10.3 Å². The van der Waals surface area contributed by atoms with Crippen molar-refractivity contribution < 1.29 is 13.7 Å². The van der Waals surface area contributed by atoms with Crippen LogP contribution in [0.15, 0.2) is 18.5 Å². The van der Waals surface area contributed by atoms with E-state index in [1.54, 1.807) is 33.2 Å². The molecule has 0 aliphatic heterocycles. The fourth-order valence-electron chi connectivity index (χ4n) is 1.83. The van der Waals surface area contributed by atoms with E-state index in [1.807, 2.05) is 33.8 Å². The minimum Gasteiger partial charge on any atom is -0.444 e. The van der Waals surface area contributed by atoms with Crippen LogP contribution in [0.25, 0.3) is 0 Å². The van der Waals surface area contributed by atoms with Gasteiger partial charge >= 0.3 is 6.09 Å². The highest BCUT2D eigenvalue weighted by Crippen LogP contribution is 2.22. The molecule has 0 aliphatic carbocycles. The molecular formula is C17H29N3O3S. The molecule has 2 N–H and O–H groups in total. The summed E-state index contributed by atoms with van der Waals surface area (Å²) in [5.41, 5.74) is 0.846. The van der Waals surface area contributed by atoms with Gasteiger partial charge in [0.1, 0.15) is 5.60 Å². The molecule has 6 nitrogen and oxygen atoms in total. The molecule has 0 aliphatic rings. The molecule has 0 aromatic carbocycles. The standard InChI is InChI=1S/C17H29N3O3S/c1-8-14(20-24(22)17(5,6)7)12-9-13(11-18-10-12)19-15(21)23-16(2,3)4/h9-11,14,20H,8H2,1-7H3,(H,19,21).